The Hall–Kier alpha value is -7.78. The number of hydrogen-bond acceptors (Lipinski definition) is 2. The molecule has 4 aliphatic rings. The average molecular weight is 898 g/mol. The van der Waals surface area contributed by atoms with Gasteiger partial charge in [-0.1, -0.05) is 191 Å². The second-order valence-electron chi connectivity index (χ2n) is 20.7. The van der Waals surface area contributed by atoms with E-state index in [0.29, 0.717) is 0 Å². The van der Waals surface area contributed by atoms with Gasteiger partial charge in [-0.2, -0.15) is 0 Å². The van der Waals surface area contributed by atoms with Gasteiger partial charge < -0.3 is 4.90 Å². The number of rotatable bonds is 4. The first kappa shape index (κ1) is 39.2. The molecule has 10 aromatic carbocycles. The van der Waals surface area contributed by atoms with Crippen LogP contribution >= 0.6 is 11.3 Å². The number of hydrogen-bond donors (Lipinski definition) is 0. The van der Waals surface area contributed by atoms with Crippen molar-refractivity contribution in [2.24, 2.45) is 0 Å². The van der Waals surface area contributed by atoms with Crippen LogP contribution in [0.25, 0.3) is 75.8 Å². The molecule has 0 N–H and O–H groups in total. The molecule has 0 radical (unpaired) electrons. The number of thiophene rings is 1. The second kappa shape index (κ2) is 13.7. The Morgan fingerprint density at radius 2 is 0.812 bits per heavy atom. The highest BCUT2D eigenvalue weighted by Gasteiger charge is 2.53. The van der Waals surface area contributed by atoms with E-state index >= 15 is 0 Å². The van der Waals surface area contributed by atoms with Crippen molar-refractivity contribution in [3.63, 3.8) is 0 Å². The third-order valence-electron chi connectivity index (χ3n) is 16.7. The number of fused-ring (bicyclic) bond motifs is 20. The molecule has 1 spiro atoms. The maximum atomic E-state index is 2.50. The Kier molecular flexibility index (Phi) is 7.78. The Labute approximate surface area is 407 Å². The van der Waals surface area contributed by atoms with Gasteiger partial charge in [0.15, 0.2) is 0 Å². The number of anilines is 3. The van der Waals surface area contributed by atoms with Crippen molar-refractivity contribution >= 4 is 48.6 Å². The molecular formula is C67H47NS. The maximum absolute atomic E-state index is 2.50. The van der Waals surface area contributed by atoms with Crippen LogP contribution in [-0.4, -0.2) is 0 Å². The predicted octanol–water partition coefficient (Wildman–Crippen LogP) is 18.1. The lowest BCUT2D eigenvalue weighted by Crippen LogP contribution is -2.26. The van der Waals surface area contributed by atoms with E-state index in [9.17, 15) is 0 Å². The first-order chi connectivity index (χ1) is 33.7. The van der Waals surface area contributed by atoms with Gasteiger partial charge in [-0.15, -0.1) is 11.3 Å². The zero-order valence-corrected chi connectivity index (χ0v) is 39.9. The molecule has 0 fully saturated rings. The highest BCUT2D eigenvalue weighted by atomic mass is 32.1. The summed E-state index contributed by atoms with van der Waals surface area (Å²) in [7, 11) is 0. The standard InChI is InChI=1S/C67H47NS/c1-65(2)53-23-10-5-16-45(53)48-34-32-42(38-58(48)65)68(43-33-35-49-46-17-6-11-24-54(46)66(3,4)59(49)39-43)41-30-28-40(29-31-41)44-21-15-22-50-47-18-7-12-25-55(47)67(64(44)50)56-26-13-8-19-51(56)62-57(67)36-37-61-63(62)52-20-9-14-27-60(52)69-61/h5-39H,1-4H3. The summed E-state index contributed by atoms with van der Waals surface area (Å²) >= 11 is 1.91. The van der Waals surface area contributed by atoms with Gasteiger partial charge in [0.1, 0.15) is 0 Å². The summed E-state index contributed by atoms with van der Waals surface area (Å²) in [5.74, 6) is 0. The first-order valence-corrected chi connectivity index (χ1v) is 25.2. The summed E-state index contributed by atoms with van der Waals surface area (Å²) in [4.78, 5) is 2.50. The van der Waals surface area contributed by atoms with Crippen molar-refractivity contribution in [3.8, 4) is 55.6 Å². The summed E-state index contributed by atoms with van der Waals surface area (Å²) in [6.45, 7) is 9.52. The minimum absolute atomic E-state index is 0.125. The Bertz CT molecular complexity index is 3920. The SMILES string of the molecule is CC1(C)c2ccccc2-c2ccc(N(c3ccc(-c4cccc5c4C4(c6ccccc6-5)c5ccccc5-c5c4ccc4sc6ccccc6c54)cc3)c3ccc4c(c3)C(C)(C)c3ccccc3-4)cc21. The van der Waals surface area contributed by atoms with Crippen LogP contribution < -0.4 is 4.90 Å². The molecule has 4 aliphatic carbocycles. The Balaban J connectivity index is 0.930. The lowest BCUT2D eigenvalue weighted by atomic mass is 9.68. The van der Waals surface area contributed by atoms with E-state index in [1.165, 1.54) is 120 Å². The van der Waals surface area contributed by atoms with Gasteiger partial charge in [0.25, 0.3) is 0 Å². The topological polar surface area (TPSA) is 3.24 Å². The van der Waals surface area contributed by atoms with Crippen molar-refractivity contribution in [2.45, 2.75) is 43.9 Å². The van der Waals surface area contributed by atoms with Gasteiger partial charge in [-0.05, 0) is 149 Å². The number of nitrogens with zero attached hydrogens (tertiary/aromatic N) is 1. The fourth-order valence-corrected chi connectivity index (χ4v) is 14.8. The average Bonchev–Trinajstić information content (AvgIpc) is 4.13. The molecule has 2 heteroatoms. The van der Waals surface area contributed by atoms with Gasteiger partial charge >= 0.3 is 0 Å². The quantitative estimate of drug-likeness (QED) is 0.170. The van der Waals surface area contributed by atoms with Crippen LogP contribution in [0, 0.1) is 0 Å². The minimum Gasteiger partial charge on any atom is -0.310 e. The molecule has 326 valence electrons. The molecule has 0 saturated carbocycles. The number of benzene rings is 10. The zero-order chi connectivity index (χ0) is 46.0. The lowest BCUT2D eigenvalue weighted by Gasteiger charge is -2.32. The van der Waals surface area contributed by atoms with Crippen molar-refractivity contribution in [1.82, 2.24) is 0 Å². The molecule has 0 bridgehead atoms. The van der Waals surface area contributed by atoms with Gasteiger partial charge in [0.05, 0.1) is 5.41 Å². The van der Waals surface area contributed by atoms with Crippen LogP contribution in [0.15, 0.2) is 212 Å². The van der Waals surface area contributed by atoms with Gasteiger partial charge in [-0.25, -0.2) is 0 Å². The predicted molar refractivity (Wildman–Crippen MR) is 291 cm³/mol. The Morgan fingerprint density at radius 3 is 1.45 bits per heavy atom. The van der Waals surface area contributed by atoms with E-state index in [1.807, 2.05) is 11.3 Å². The normalized spacial score (nSPS) is 16.7. The largest absolute Gasteiger partial charge is 0.310 e. The van der Waals surface area contributed by atoms with E-state index in [0.717, 1.165) is 17.1 Å². The molecule has 0 amide bonds. The van der Waals surface area contributed by atoms with E-state index in [2.05, 4.69) is 245 Å². The van der Waals surface area contributed by atoms with Crippen molar-refractivity contribution in [1.29, 1.82) is 0 Å². The van der Waals surface area contributed by atoms with Crippen LogP contribution in [0.2, 0.25) is 0 Å². The van der Waals surface area contributed by atoms with E-state index in [1.54, 1.807) is 0 Å². The molecule has 69 heavy (non-hydrogen) atoms. The second-order valence-corrected chi connectivity index (χ2v) is 21.8. The highest BCUT2D eigenvalue weighted by molar-refractivity contribution is 7.26. The van der Waals surface area contributed by atoms with Crippen LogP contribution in [-0.2, 0) is 16.2 Å². The van der Waals surface area contributed by atoms with Gasteiger partial charge in [0.2, 0.25) is 0 Å². The molecule has 1 nitrogen and oxygen atoms in total. The highest BCUT2D eigenvalue weighted by Crippen LogP contribution is 2.66. The molecule has 1 unspecified atom stereocenters. The van der Waals surface area contributed by atoms with Crippen molar-refractivity contribution in [3.05, 3.63) is 257 Å². The molecule has 0 saturated heterocycles. The molecule has 11 aromatic rings. The summed E-state index contributed by atoms with van der Waals surface area (Å²) < 4.78 is 2.68. The maximum Gasteiger partial charge on any atom is 0.0731 e. The molecular weight excluding hydrogens is 851 g/mol. The van der Waals surface area contributed by atoms with Crippen LogP contribution in [0.4, 0.5) is 17.1 Å². The summed E-state index contributed by atoms with van der Waals surface area (Å²) in [6.07, 6.45) is 0. The van der Waals surface area contributed by atoms with E-state index in [4.69, 9.17) is 0 Å². The zero-order valence-electron chi connectivity index (χ0n) is 39.1. The molecule has 0 aliphatic heterocycles. The summed E-state index contributed by atoms with van der Waals surface area (Å²) in [5, 5.41) is 2.72. The third kappa shape index (κ3) is 4.99. The fraction of sp³-hybridized carbons (Fsp3) is 0.104. The van der Waals surface area contributed by atoms with Gasteiger partial charge in [0, 0.05) is 48.1 Å². The van der Waals surface area contributed by atoms with Crippen molar-refractivity contribution in [2.75, 3.05) is 4.90 Å². The molecule has 1 heterocycles. The monoisotopic (exact) mass is 897 g/mol. The molecule has 1 aromatic heterocycles. The first-order valence-electron chi connectivity index (χ1n) is 24.4. The smallest absolute Gasteiger partial charge is 0.0731 e. The van der Waals surface area contributed by atoms with Crippen LogP contribution in [0.3, 0.4) is 0 Å². The Morgan fingerprint density at radius 1 is 0.333 bits per heavy atom. The van der Waals surface area contributed by atoms with E-state index < -0.39 is 5.41 Å². The molecule has 15 rings (SSSR count). The van der Waals surface area contributed by atoms with Crippen molar-refractivity contribution < 1.29 is 0 Å². The van der Waals surface area contributed by atoms with E-state index in [-0.39, 0.29) is 10.8 Å². The lowest BCUT2D eigenvalue weighted by molar-refractivity contribution is 0.660. The van der Waals surface area contributed by atoms with Crippen LogP contribution in [0.5, 0.6) is 0 Å². The minimum atomic E-state index is -0.486. The summed E-state index contributed by atoms with van der Waals surface area (Å²) in [5.41, 5.74) is 26.9. The summed E-state index contributed by atoms with van der Waals surface area (Å²) in [6, 6.07) is 81.0. The fourth-order valence-electron chi connectivity index (χ4n) is 13.6. The van der Waals surface area contributed by atoms with Crippen LogP contribution in [0.1, 0.15) is 72.2 Å². The van der Waals surface area contributed by atoms with Gasteiger partial charge in [-0.3, -0.25) is 0 Å². The molecule has 1 atom stereocenters. The third-order valence-corrected chi connectivity index (χ3v) is 17.8.